The van der Waals surface area contributed by atoms with E-state index in [0.717, 1.165) is 29.5 Å². The lowest BCUT2D eigenvalue weighted by atomic mass is 10.00. The van der Waals surface area contributed by atoms with Gasteiger partial charge in [-0.25, -0.2) is 4.79 Å². The van der Waals surface area contributed by atoms with Crippen LogP contribution in [0.2, 0.25) is 5.02 Å². The Balaban J connectivity index is 1.67. The molecule has 0 saturated heterocycles. The number of hydrogen-bond donors (Lipinski definition) is 1. The van der Waals surface area contributed by atoms with Crippen LogP contribution in [0.5, 0.6) is 0 Å². The second-order valence-electron chi connectivity index (χ2n) is 9.26. The average molecular weight is 526 g/mol. The topological polar surface area (TPSA) is 96.5 Å². The lowest BCUT2D eigenvalue weighted by Crippen LogP contribution is -2.40. The van der Waals surface area contributed by atoms with Crippen molar-refractivity contribution in [1.29, 1.82) is 0 Å². The standard InChI is InChI=1S/C29H36ClN3O4/c1-3-5-6-7-8-9-13-26-31-27(37-32-26)23-16-14-22(15-17-23)25(4-2)33(28(34)29(35)36)19-18-21-11-10-12-24(30)20-21/h10-12,14-17,20,25H,3-9,13,18-19H2,1-2H3,(H,35,36). The van der Waals surface area contributed by atoms with Gasteiger partial charge in [0.2, 0.25) is 0 Å². The molecule has 1 aromatic heterocycles. The number of nitrogens with zero attached hydrogens (tertiary/aromatic N) is 3. The van der Waals surface area contributed by atoms with E-state index in [4.69, 9.17) is 16.1 Å². The van der Waals surface area contributed by atoms with Gasteiger partial charge < -0.3 is 14.5 Å². The lowest BCUT2D eigenvalue weighted by molar-refractivity contribution is -0.157. The Morgan fingerprint density at radius 3 is 2.41 bits per heavy atom. The summed E-state index contributed by atoms with van der Waals surface area (Å²) in [7, 11) is 0. The minimum absolute atomic E-state index is 0.261. The predicted molar refractivity (Wildman–Crippen MR) is 144 cm³/mol. The highest BCUT2D eigenvalue weighted by Crippen LogP contribution is 2.28. The van der Waals surface area contributed by atoms with Crippen LogP contribution in [0, 0.1) is 0 Å². The minimum Gasteiger partial charge on any atom is -0.474 e. The first kappa shape index (κ1) is 28.4. The molecule has 1 heterocycles. The number of carboxylic acids is 1. The zero-order chi connectivity index (χ0) is 26.6. The number of aryl methyl sites for hydroxylation is 1. The lowest BCUT2D eigenvalue weighted by Gasteiger charge is -2.30. The van der Waals surface area contributed by atoms with Gasteiger partial charge in [-0.15, -0.1) is 0 Å². The maximum absolute atomic E-state index is 12.6. The van der Waals surface area contributed by atoms with Crippen molar-refractivity contribution in [2.75, 3.05) is 6.54 Å². The molecule has 37 heavy (non-hydrogen) atoms. The average Bonchev–Trinajstić information content (AvgIpc) is 3.37. The van der Waals surface area contributed by atoms with Gasteiger partial charge >= 0.3 is 11.9 Å². The van der Waals surface area contributed by atoms with Gasteiger partial charge in [0.25, 0.3) is 5.89 Å². The fraction of sp³-hybridized carbons (Fsp3) is 0.448. The van der Waals surface area contributed by atoms with Crippen LogP contribution in [0.15, 0.2) is 53.1 Å². The molecule has 3 aromatic rings. The quantitative estimate of drug-likeness (QED) is 0.181. The Bertz CT molecular complexity index is 1150. The summed E-state index contributed by atoms with van der Waals surface area (Å²) in [5.41, 5.74) is 2.57. The van der Waals surface area contributed by atoms with Gasteiger partial charge in [0.15, 0.2) is 5.82 Å². The van der Waals surface area contributed by atoms with Gasteiger partial charge in [-0.05, 0) is 54.7 Å². The van der Waals surface area contributed by atoms with Gasteiger partial charge in [-0.2, -0.15) is 4.98 Å². The molecule has 0 saturated carbocycles. The summed E-state index contributed by atoms with van der Waals surface area (Å²) in [5.74, 6) is -1.22. The van der Waals surface area contributed by atoms with Crippen LogP contribution >= 0.6 is 11.6 Å². The molecule has 1 atom stereocenters. The molecule has 0 bridgehead atoms. The normalized spacial score (nSPS) is 11.9. The van der Waals surface area contributed by atoms with Gasteiger partial charge in [-0.1, -0.05) is 87.0 Å². The Morgan fingerprint density at radius 1 is 1.00 bits per heavy atom. The molecule has 0 aliphatic carbocycles. The van der Waals surface area contributed by atoms with Crippen LogP contribution in [-0.4, -0.2) is 38.6 Å². The maximum Gasteiger partial charge on any atom is 0.394 e. The molecule has 198 valence electrons. The van der Waals surface area contributed by atoms with E-state index < -0.39 is 11.9 Å². The molecule has 3 rings (SSSR count). The van der Waals surface area contributed by atoms with E-state index in [2.05, 4.69) is 17.1 Å². The number of halogens is 1. The summed E-state index contributed by atoms with van der Waals surface area (Å²) in [6, 6.07) is 14.5. The van der Waals surface area contributed by atoms with E-state index in [1.807, 2.05) is 49.4 Å². The van der Waals surface area contributed by atoms with Crippen LogP contribution in [-0.2, 0) is 22.4 Å². The number of hydrogen-bond acceptors (Lipinski definition) is 5. The Morgan fingerprint density at radius 2 is 1.73 bits per heavy atom. The summed E-state index contributed by atoms with van der Waals surface area (Å²) < 4.78 is 5.47. The minimum atomic E-state index is -1.47. The third-order valence-electron chi connectivity index (χ3n) is 6.50. The molecular formula is C29H36ClN3O4. The molecule has 2 aromatic carbocycles. The summed E-state index contributed by atoms with van der Waals surface area (Å²) in [4.78, 5) is 30.2. The van der Waals surface area contributed by atoms with E-state index in [-0.39, 0.29) is 12.6 Å². The number of aliphatic carboxylic acids is 1. The molecule has 0 radical (unpaired) electrons. The van der Waals surface area contributed by atoms with Crippen molar-refractivity contribution < 1.29 is 19.2 Å². The fourth-order valence-corrected chi connectivity index (χ4v) is 4.70. The maximum atomic E-state index is 12.6. The van der Waals surface area contributed by atoms with Crippen LogP contribution < -0.4 is 0 Å². The van der Waals surface area contributed by atoms with Crippen molar-refractivity contribution >= 4 is 23.5 Å². The second kappa shape index (κ2) is 14.5. The Hall–Kier alpha value is -3.19. The van der Waals surface area contributed by atoms with E-state index in [9.17, 15) is 14.7 Å². The first-order chi connectivity index (χ1) is 17.9. The molecule has 0 fully saturated rings. The summed E-state index contributed by atoms with van der Waals surface area (Å²) in [6.45, 7) is 4.41. The van der Waals surface area contributed by atoms with Crippen LogP contribution in [0.3, 0.4) is 0 Å². The number of benzene rings is 2. The fourth-order valence-electron chi connectivity index (χ4n) is 4.48. The monoisotopic (exact) mass is 525 g/mol. The number of carbonyl (C=O) groups is 2. The molecule has 1 amide bonds. The third kappa shape index (κ3) is 8.42. The highest BCUT2D eigenvalue weighted by Gasteiger charge is 2.28. The Labute approximate surface area is 223 Å². The van der Waals surface area contributed by atoms with Crippen LogP contribution in [0.4, 0.5) is 0 Å². The SMILES string of the molecule is CCCCCCCCc1noc(-c2ccc(C(CC)N(CCc3cccc(Cl)c3)C(=O)C(=O)O)cc2)n1. The smallest absolute Gasteiger partial charge is 0.394 e. The van der Waals surface area contributed by atoms with Crippen molar-refractivity contribution in [2.45, 2.75) is 77.7 Å². The predicted octanol–water partition coefficient (Wildman–Crippen LogP) is 6.90. The van der Waals surface area contributed by atoms with Gasteiger partial charge in [0.05, 0.1) is 6.04 Å². The number of carboxylic acid groups (broad SMARTS) is 1. The number of amides is 1. The van der Waals surface area contributed by atoms with Crippen molar-refractivity contribution in [3.63, 3.8) is 0 Å². The molecule has 1 unspecified atom stereocenters. The largest absolute Gasteiger partial charge is 0.474 e. The molecule has 7 nitrogen and oxygen atoms in total. The van der Waals surface area contributed by atoms with Gasteiger partial charge in [0.1, 0.15) is 0 Å². The van der Waals surface area contributed by atoms with E-state index in [1.165, 1.54) is 37.0 Å². The molecule has 1 N–H and O–H groups in total. The van der Waals surface area contributed by atoms with E-state index in [1.54, 1.807) is 6.07 Å². The van der Waals surface area contributed by atoms with Gasteiger partial charge in [-0.3, -0.25) is 4.79 Å². The van der Waals surface area contributed by atoms with E-state index in [0.29, 0.717) is 29.6 Å². The number of aromatic nitrogens is 2. The summed E-state index contributed by atoms with van der Waals surface area (Å²) >= 11 is 6.08. The van der Waals surface area contributed by atoms with Crippen molar-refractivity contribution in [3.05, 3.63) is 70.5 Å². The second-order valence-corrected chi connectivity index (χ2v) is 9.70. The highest BCUT2D eigenvalue weighted by atomic mass is 35.5. The summed E-state index contributed by atoms with van der Waals surface area (Å²) in [5, 5.41) is 14.2. The van der Waals surface area contributed by atoms with E-state index >= 15 is 0 Å². The molecular weight excluding hydrogens is 490 g/mol. The first-order valence-corrected chi connectivity index (χ1v) is 13.5. The molecule has 0 aliphatic heterocycles. The zero-order valence-electron chi connectivity index (χ0n) is 21.7. The van der Waals surface area contributed by atoms with Crippen molar-refractivity contribution in [2.24, 2.45) is 0 Å². The first-order valence-electron chi connectivity index (χ1n) is 13.1. The Kier molecular flexibility index (Phi) is 11.1. The summed E-state index contributed by atoms with van der Waals surface area (Å²) in [6.07, 6.45) is 9.10. The van der Waals surface area contributed by atoms with Gasteiger partial charge in [0, 0.05) is 23.6 Å². The van der Waals surface area contributed by atoms with Crippen LogP contribution in [0.1, 0.15) is 81.8 Å². The molecule has 8 heteroatoms. The zero-order valence-corrected chi connectivity index (χ0v) is 22.4. The van der Waals surface area contributed by atoms with Crippen molar-refractivity contribution in [3.8, 4) is 11.5 Å². The number of carbonyl (C=O) groups excluding carboxylic acids is 1. The van der Waals surface area contributed by atoms with Crippen molar-refractivity contribution in [1.82, 2.24) is 15.0 Å². The number of rotatable bonds is 14. The number of unbranched alkanes of at least 4 members (excludes halogenated alkanes) is 5. The third-order valence-corrected chi connectivity index (χ3v) is 6.74. The molecule has 0 spiro atoms. The highest BCUT2D eigenvalue weighted by molar-refractivity contribution is 6.31. The molecule has 0 aliphatic rings. The van der Waals surface area contributed by atoms with Crippen LogP contribution in [0.25, 0.3) is 11.5 Å².